The summed E-state index contributed by atoms with van der Waals surface area (Å²) in [6.07, 6.45) is 3.73. The Hall–Kier alpha value is -3.04. The first-order valence-electron chi connectivity index (χ1n) is 17.4. The number of aromatic nitrogens is 6. The van der Waals surface area contributed by atoms with Crippen LogP contribution < -0.4 is 10.6 Å². The molecule has 4 aromatic heterocycles. The van der Waals surface area contributed by atoms with Gasteiger partial charge in [-0.3, -0.25) is 5.10 Å². The van der Waals surface area contributed by atoms with Crippen molar-refractivity contribution in [1.82, 2.24) is 29.9 Å². The van der Waals surface area contributed by atoms with Crippen LogP contribution >= 0.6 is 34.8 Å². The Labute approximate surface area is 332 Å². The normalized spacial score (nSPS) is 12.6. The average Bonchev–Trinajstić information content (AvgIpc) is 3.69. The molecule has 0 saturated heterocycles. The first kappa shape index (κ1) is 46.1. The molecule has 0 unspecified atom stereocenters. The van der Waals surface area contributed by atoms with E-state index in [4.69, 9.17) is 49.4 Å². The Balaban J connectivity index is 0.000000304. The van der Waals surface area contributed by atoms with Gasteiger partial charge in [-0.15, -0.1) is 0 Å². The van der Waals surface area contributed by atoms with Gasteiger partial charge >= 0.3 is 11.9 Å². The van der Waals surface area contributed by atoms with Crippen LogP contribution in [0.4, 0.5) is 0 Å². The Kier molecular flexibility index (Phi) is 15.0. The highest BCUT2D eigenvalue weighted by Gasteiger charge is 2.39. The van der Waals surface area contributed by atoms with Crippen LogP contribution in [0.15, 0.2) is 48.8 Å². The van der Waals surface area contributed by atoms with Gasteiger partial charge in [-0.2, -0.15) is 10.2 Å². The fraction of sp³-hybridized carbons (Fsp3) is 0.526. The maximum absolute atomic E-state index is 12.2. The van der Waals surface area contributed by atoms with Crippen LogP contribution in [0.5, 0.6) is 0 Å². The van der Waals surface area contributed by atoms with E-state index in [0.29, 0.717) is 10.9 Å². The molecule has 15 heteroatoms. The van der Waals surface area contributed by atoms with E-state index in [1.165, 1.54) is 17.4 Å². The predicted octanol–water partition coefficient (Wildman–Crippen LogP) is 10.1. The van der Waals surface area contributed by atoms with Crippen molar-refractivity contribution < 1.29 is 19.1 Å². The van der Waals surface area contributed by atoms with Gasteiger partial charge in [0, 0.05) is 23.0 Å². The summed E-state index contributed by atoms with van der Waals surface area (Å²) >= 11 is 17.6. The van der Waals surface area contributed by atoms with Crippen molar-refractivity contribution in [1.29, 1.82) is 0 Å². The molecular weight excluding hydrogens is 767 g/mol. The lowest BCUT2D eigenvalue weighted by molar-refractivity contribution is 0.00567. The molecule has 4 heterocycles. The van der Waals surface area contributed by atoms with Crippen LogP contribution in [-0.2, 0) is 9.47 Å². The molecule has 10 nitrogen and oxygen atoms in total. The van der Waals surface area contributed by atoms with Crippen molar-refractivity contribution in [3.63, 3.8) is 0 Å². The van der Waals surface area contributed by atoms with Crippen LogP contribution in [0.1, 0.15) is 104 Å². The number of esters is 2. The lowest BCUT2D eigenvalue weighted by Gasteiger charge is -2.35. The van der Waals surface area contributed by atoms with E-state index in [1.54, 1.807) is 37.6 Å². The highest BCUT2D eigenvalue weighted by atomic mass is 35.5. The lowest BCUT2D eigenvalue weighted by Crippen LogP contribution is -2.50. The van der Waals surface area contributed by atoms with E-state index in [0.717, 1.165) is 5.32 Å². The molecule has 0 amide bonds. The number of H-pyrrole nitrogens is 1. The maximum Gasteiger partial charge on any atom is 0.341 e. The third-order valence-corrected chi connectivity index (χ3v) is 20.7. The van der Waals surface area contributed by atoms with Crippen molar-refractivity contribution in [2.24, 2.45) is 0 Å². The van der Waals surface area contributed by atoms with Crippen LogP contribution in [0.25, 0.3) is 5.82 Å². The van der Waals surface area contributed by atoms with Gasteiger partial charge in [0.1, 0.15) is 42.8 Å². The van der Waals surface area contributed by atoms with Gasteiger partial charge < -0.3 is 9.47 Å². The van der Waals surface area contributed by atoms with Crippen molar-refractivity contribution in [3.05, 3.63) is 75.4 Å². The number of ether oxygens (including phenoxy) is 2. The number of hydrogen-bond donors (Lipinski definition) is 1. The Morgan fingerprint density at radius 2 is 1.13 bits per heavy atom. The minimum Gasteiger partial charge on any atom is -0.456 e. The minimum atomic E-state index is -1.73. The molecule has 4 rings (SSSR count). The molecule has 0 aliphatic heterocycles. The van der Waals surface area contributed by atoms with Crippen molar-refractivity contribution in [2.75, 3.05) is 0 Å². The molecule has 4 aromatic rings. The Morgan fingerprint density at radius 1 is 0.660 bits per heavy atom. The number of halogens is 3. The Bertz CT molecular complexity index is 1850. The minimum absolute atomic E-state index is 0.0525. The summed E-state index contributed by atoms with van der Waals surface area (Å²) in [5, 5.41) is 15.3. The standard InChI is InChI=1S/C19H28ClN3O2Si.C10H11Cl2NO2.C9H18N2Si/c1-18(2,3)25-17(24)13-9-10-14(21-16(13)20)23-12-11-15(22-23)26(7,8)19(4,5)6;1-10(2,3)15-9(14)6-4-5-7(11)13-8(6)12;1-9(2,3)12(4,5)8-6-7-10-11-8/h9-12H,1-8H3;4-5H,1-3H3;6-7H,1-5H3,(H,10,11). The van der Waals surface area contributed by atoms with Crippen LogP contribution in [0, 0.1) is 0 Å². The largest absolute Gasteiger partial charge is 0.456 e. The van der Waals surface area contributed by atoms with Gasteiger partial charge in [0.2, 0.25) is 0 Å². The van der Waals surface area contributed by atoms with Crippen molar-refractivity contribution in [2.45, 2.75) is 131 Å². The maximum atomic E-state index is 12.2. The second kappa shape index (κ2) is 17.2. The van der Waals surface area contributed by atoms with Crippen LogP contribution in [-0.4, -0.2) is 69.2 Å². The highest BCUT2D eigenvalue weighted by Crippen LogP contribution is 2.36. The molecule has 0 radical (unpaired) electrons. The number of rotatable bonds is 5. The lowest BCUT2D eigenvalue weighted by atomic mass is 10.2. The smallest absolute Gasteiger partial charge is 0.341 e. The average molecular weight is 824 g/mol. The molecule has 1 N–H and O–H groups in total. The van der Waals surface area contributed by atoms with Gasteiger partial charge in [0.15, 0.2) is 5.82 Å². The topological polar surface area (TPSA) is 125 Å². The number of hydrogen-bond acceptors (Lipinski definition) is 8. The summed E-state index contributed by atoms with van der Waals surface area (Å²) in [5.41, 5.74) is -0.669. The zero-order valence-electron chi connectivity index (χ0n) is 34.1. The molecule has 0 aliphatic rings. The van der Waals surface area contributed by atoms with Crippen LogP contribution in [0.2, 0.25) is 51.7 Å². The molecule has 0 bridgehead atoms. The number of carbonyl (C=O) groups excluding carboxylic acids is 2. The van der Waals surface area contributed by atoms with Gasteiger partial charge in [-0.1, -0.05) is 103 Å². The summed E-state index contributed by atoms with van der Waals surface area (Å²) in [6.45, 7) is 33.8. The van der Waals surface area contributed by atoms with Gasteiger partial charge in [-0.25, -0.2) is 24.2 Å². The fourth-order valence-electron chi connectivity index (χ4n) is 4.11. The predicted molar refractivity (Wildman–Crippen MR) is 223 cm³/mol. The van der Waals surface area contributed by atoms with E-state index >= 15 is 0 Å². The molecule has 0 atom stereocenters. The third kappa shape index (κ3) is 13.1. The zero-order valence-corrected chi connectivity index (χ0v) is 38.4. The van der Waals surface area contributed by atoms with Crippen LogP contribution in [0.3, 0.4) is 0 Å². The first-order valence-corrected chi connectivity index (χ1v) is 24.5. The van der Waals surface area contributed by atoms with E-state index in [1.807, 2.05) is 33.2 Å². The molecule has 0 fully saturated rings. The molecule has 0 spiro atoms. The van der Waals surface area contributed by atoms with Gasteiger partial charge in [0.25, 0.3) is 0 Å². The van der Waals surface area contributed by atoms with E-state index in [9.17, 15) is 9.59 Å². The number of nitrogens with one attached hydrogen (secondary N) is 1. The number of pyridine rings is 2. The second-order valence-corrected chi connectivity index (χ2v) is 29.5. The number of nitrogens with zero attached hydrogens (tertiary/aromatic N) is 5. The number of carbonyl (C=O) groups is 2. The molecule has 0 saturated carbocycles. The van der Waals surface area contributed by atoms with Gasteiger partial charge in [0.05, 0.1) is 11.1 Å². The summed E-state index contributed by atoms with van der Waals surface area (Å²) in [5.74, 6) is -0.409. The van der Waals surface area contributed by atoms with E-state index in [-0.39, 0.29) is 31.6 Å². The number of aromatic amines is 1. The summed E-state index contributed by atoms with van der Waals surface area (Å²) in [7, 11) is -3.08. The van der Waals surface area contributed by atoms with Crippen molar-refractivity contribution >= 4 is 73.5 Å². The van der Waals surface area contributed by atoms with Gasteiger partial charge in [-0.05, 0) is 88.0 Å². The molecule has 0 aromatic carbocycles. The summed E-state index contributed by atoms with van der Waals surface area (Å²) in [6, 6.07) is 10.5. The molecule has 53 heavy (non-hydrogen) atoms. The molecule has 0 aliphatic carbocycles. The SMILES string of the molecule is CC(C)(C)OC(=O)c1ccc(-n2ccc([Si](C)(C)C(C)(C)C)n2)nc1Cl.CC(C)(C)OC(=O)c1ccc(Cl)nc1Cl.CC(C)(C)[Si](C)(C)c1ccn[nH]1. The first-order chi connectivity index (χ1) is 23.9. The Morgan fingerprint density at radius 3 is 1.53 bits per heavy atom. The monoisotopic (exact) mass is 822 g/mol. The third-order valence-electron chi connectivity index (χ3n) is 9.27. The van der Waals surface area contributed by atoms with Crippen molar-refractivity contribution in [3.8, 4) is 5.82 Å². The second-order valence-electron chi connectivity index (χ2n) is 17.8. The summed E-state index contributed by atoms with van der Waals surface area (Å²) < 4.78 is 12.2. The van der Waals surface area contributed by atoms with E-state index < -0.39 is 39.3 Å². The zero-order chi connectivity index (χ0) is 41.0. The van der Waals surface area contributed by atoms with E-state index in [2.05, 4.69) is 100 Å². The summed E-state index contributed by atoms with van der Waals surface area (Å²) in [4.78, 5) is 31.9. The quantitative estimate of drug-likeness (QED) is 0.120. The molecule has 292 valence electrons. The molecular formula is C38H57Cl3N6O4Si2. The fourth-order valence-corrected chi connectivity index (χ4v) is 8.02. The highest BCUT2D eigenvalue weighted by molar-refractivity contribution is 6.92.